The van der Waals surface area contributed by atoms with Crippen LogP contribution >= 0.6 is 0 Å². The Balaban J connectivity index is 1.98. The lowest BCUT2D eigenvalue weighted by Crippen LogP contribution is -2.40. The molecular weight excluding hydrogens is 248 g/mol. The largest absolute Gasteiger partial charge is 0.329 e. The Morgan fingerprint density at radius 2 is 2.00 bits per heavy atom. The molecule has 1 aromatic heterocycles. The number of nitrogens with zero attached hydrogens (tertiary/aromatic N) is 1. The van der Waals surface area contributed by atoms with E-state index in [2.05, 4.69) is 4.98 Å². The Hall–Kier alpha value is -1.74. The third kappa shape index (κ3) is 2.22. The van der Waals surface area contributed by atoms with Crippen LogP contribution in [0.25, 0.3) is 10.9 Å². The molecule has 3 heteroatoms. The monoisotopic (exact) mass is 268 g/mol. The minimum Gasteiger partial charge on any atom is -0.329 e. The lowest BCUT2D eigenvalue weighted by Gasteiger charge is -2.34. The van der Waals surface area contributed by atoms with Gasteiger partial charge >= 0.3 is 0 Å². The Labute approximate surface area is 119 Å². The number of hydrogen-bond acceptors (Lipinski definition) is 3. The number of hydrogen-bond donors (Lipinski definition) is 1. The van der Waals surface area contributed by atoms with Crippen LogP contribution in [0.3, 0.4) is 0 Å². The number of fused-ring (bicyclic) bond motifs is 1. The average Bonchev–Trinajstić information content (AvgIpc) is 2.54. The van der Waals surface area contributed by atoms with E-state index in [1.54, 1.807) is 6.20 Å². The minimum atomic E-state index is -0.347. The molecule has 1 aliphatic carbocycles. The number of Topliss-reactive ketones (excluding diaryl/α,β-unsaturated/α-hetero) is 1. The molecule has 0 atom stereocenters. The second kappa shape index (κ2) is 5.33. The van der Waals surface area contributed by atoms with Gasteiger partial charge in [-0.05, 0) is 25.0 Å². The Morgan fingerprint density at radius 3 is 2.75 bits per heavy atom. The van der Waals surface area contributed by atoms with E-state index in [1.807, 2.05) is 30.3 Å². The van der Waals surface area contributed by atoms with Gasteiger partial charge in [0.05, 0.1) is 5.52 Å². The summed E-state index contributed by atoms with van der Waals surface area (Å²) in [5.74, 6) is 0.201. The summed E-state index contributed by atoms with van der Waals surface area (Å²) in [4.78, 5) is 17.2. The van der Waals surface area contributed by atoms with E-state index in [4.69, 9.17) is 5.73 Å². The predicted molar refractivity (Wildman–Crippen MR) is 80.6 cm³/mol. The van der Waals surface area contributed by atoms with E-state index in [-0.39, 0.29) is 11.2 Å². The summed E-state index contributed by atoms with van der Waals surface area (Å²) in [6.07, 6.45) is 7.03. The highest BCUT2D eigenvalue weighted by Gasteiger charge is 2.38. The summed E-state index contributed by atoms with van der Waals surface area (Å²) in [6, 6.07) is 9.72. The molecule has 2 N–H and O–H groups in total. The maximum absolute atomic E-state index is 12.9. The number of aromatic nitrogens is 1. The predicted octanol–water partition coefficient (Wildman–Crippen LogP) is 3.33. The van der Waals surface area contributed by atoms with Gasteiger partial charge in [-0.3, -0.25) is 9.78 Å². The lowest BCUT2D eigenvalue weighted by atomic mass is 9.69. The Morgan fingerprint density at radius 1 is 1.20 bits per heavy atom. The molecular formula is C17H20N2O. The minimum absolute atomic E-state index is 0.201. The molecule has 0 aliphatic heterocycles. The van der Waals surface area contributed by atoms with Crippen LogP contribution in [0.5, 0.6) is 0 Å². The fourth-order valence-electron chi connectivity index (χ4n) is 3.27. The molecule has 20 heavy (non-hydrogen) atoms. The molecule has 0 bridgehead atoms. The van der Waals surface area contributed by atoms with Crippen LogP contribution < -0.4 is 5.73 Å². The van der Waals surface area contributed by atoms with Crippen molar-refractivity contribution in [2.75, 3.05) is 6.54 Å². The molecule has 1 saturated carbocycles. The van der Waals surface area contributed by atoms with Crippen molar-refractivity contribution in [3.63, 3.8) is 0 Å². The summed E-state index contributed by atoms with van der Waals surface area (Å²) >= 11 is 0. The molecule has 1 aliphatic rings. The number of benzene rings is 1. The van der Waals surface area contributed by atoms with Crippen LogP contribution in [0, 0.1) is 5.41 Å². The second-order valence-corrected chi connectivity index (χ2v) is 5.79. The first kappa shape index (κ1) is 13.3. The fourth-order valence-corrected chi connectivity index (χ4v) is 3.27. The van der Waals surface area contributed by atoms with Crippen LogP contribution in [0.1, 0.15) is 42.5 Å². The van der Waals surface area contributed by atoms with Gasteiger partial charge in [0.2, 0.25) is 0 Å². The summed E-state index contributed by atoms with van der Waals surface area (Å²) in [5.41, 5.74) is 7.24. The van der Waals surface area contributed by atoms with Gasteiger partial charge in [-0.2, -0.15) is 0 Å². The molecule has 3 nitrogen and oxygen atoms in total. The van der Waals surface area contributed by atoms with E-state index in [9.17, 15) is 4.79 Å². The van der Waals surface area contributed by atoms with Crippen molar-refractivity contribution in [1.82, 2.24) is 4.98 Å². The van der Waals surface area contributed by atoms with Gasteiger partial charge < -0.3 is 5.73 Å². The van der Waals surface area contributed by atoms with E-state index in [0.717, 1.165) is 42.1 Å². The van der Waals surface area contributed by atoms with Crippen LogP contribution in [0.4, 0.5) is 0 Å². The zero-order valence-electron chi connectivity index (χ0n) is 11.6. The van der Waals surface area contributed by atoms with E-state index in [1.165, 1.54) is 6.42 Å². The molecule has 104 valence electrons. The van der Waals surface area contributed by atoms with Gasteiger partial charge in [0.15, 0.2) is 5.78 Å². The van der Waals surface area contributed by atoms with E-state index in [0.29, 0.717) is 6.54 Å². The Kier molecular flexibility index (Phi) is 3.53. The number of ketones is 1. The van der Waals surface area contributed by atoms with Gasteiger partial charge in [-0.25, -0.2) is 0 Å². The molecule has 0 saturated heterocycles. The van der Waals surface area contributed by atoms with Gasteiger partial charge in [0.25, 0.3) is 0 Å². The number of rotatable bonds is 3. The lowest BCUT2D eigenvalue weighted by molar-refractivity contribution is 0.0729. The third-order valence-electron chi connectivity index (χ3n) is 4.55. The van der Waals surface area contributed by atoms with Crippen LogP contribution in [0.2, 0.25) is 0 Å². The summed E-state index contributed by atoms with van der Waals surface area (Å²) in [5, 5.41) is 1.06. The molecule has 0 amide bonds. The van der Waals surface area contributed by atoms with Gasteiger partial charge in [-0.1, -0.05) is 37.5 Å². The van der Waals surface area contributed by atoms with Crippen molar-refractivity contribution in [1.29, 1.82) is 0 Å². The number of nitrogens with two attached hydrogens (primary N) is 1. The number of pyridine rings is 1. The average molecular weight is 268 g/mol. The zero-order valence-corrected chi connectivity index (χ0v) is 11.6. The van der Waals surface area contributed by atoms with Crippen LogP contribution in [0.15, 0.2) is 36.5 Å². The quantitative estimate of drug-likeness (QED) is 0.869. The van der Waals surface area contributed by atoms with Crippen molar-refractivity contribution in [3.8, 4) is 0 Å². The summed E-state index contributed by atoms with van der Waals surface area (Å²) in [6.45, 7) is 0.450. The molecule has 1 fully saturated rings. The standard InChI is InChI=1S/C17H20N2O/c18-12-17(8-2-1-3-9-17)16(20)14-7-6-13-5-4-10-19-15(13)11-14/h4-7,10-11H,1-3,8-9,12,18H2. The number of carbonyl (C=O) groups excluding carboxylic acids is 1. The smallest absolute Gasteiger partial charge is 0.170 e. The molecule has 1 heterocycles. The van der Waals surface area contributed by atoms with Crippen LogP contribution in [-0.4, -0.2) is 17.3 Å². The van der Waals surface area contributed by atoms with E-state index < -0.39 is 0 Å². The first-order valence-corrected chi connectivity index (χ1v) is 7.35. The SMILES string of the molecule is NCC1(C(=O)c2ccc3cccnc3c2)CCCCC1. The van der Waals surface area contributed by atoms with Crippen molar-refractivity contribution in [2.45, 2.75) is 32.1 Å². The zero-order chi connectivity index (χ0) is 14.0. The van der Waals surface area contributed by atoms with Crippen LogP contribution in [-0.2, 0) is 0 Å². The van der Waals surface area contributed by atoms with E-state index >= 15 is 0 Å². The molecule has 3 rings (SSSR count). The topological polar surface area (TPSA) is 56.0 Å². The molecule has 2 aromatic rings. The van der Waals surface area contributed by atoms with Crippen molar-refractivity contribution in [2.24, 2.45) is 11.1 Å². The molecule has 0 spiro atoms. The molecule has 0 unspecified atom stereocenters. The highest BCUT2D eigenvalue weighted by molar-refractivity contribution is 6.03. The van der Waals surface area contributed by atoms with Crippen molar-refractivity contribution < 1.29 is 4.79 Å². The van der Waals surface area contributed by atoms with Crippen molar-refractivity contribution in [3.05, 3.63) is 42.1 Å². The summed E-state index contributed by atoms with van der Waals surface area (Å²) < 4.78 is 0. The highest BCUT2D eigenvalue weighted by Crippen LogP contribution is 2.38. The number of carbonyl (C=O) groups is 1. The normalized spacial score (nSPS) is 18.1. The molecule has 0 radical (unpaired) electrons. The fraction of sp³-hybridized carbons (Fsp3) is 0.412. The molecule has 1 aromatic carbocycles. The Bertz CT molecular complexity index is 630. The first-order chi connectivity index (χ1) is 9.75. The highest BCUT2D eigenvalue weighted by atomic mass is 16.1. The first-order valence-electron chi connectivity index (χ1n) is 7.35. The maximum atomic E-state index is 12.9. The summed E-state index contributed by atoms with van der Waals surface area (Å²) in [7, 11) is 0. The van der Waals surface area contributed by atoms with Gasteiger partial charge in [0.1, 0.15) is 0 Å². The van der Waals surface area contributed by atoms with Crippen molar-refractivity contribution >= 4 is 16.7 Å². The van der Waals surface area contributed by atoms with Gasteiger partial charge in [-0.15, -0.1) is 0 Å². The van der Waals surface area contributed by atoms with Gasteiger partial charge in [0, 0.05) is 29.1 Å². The third-order valence-corrected chi connectivity index (χ3v) is 4.55. The maximum Gasteiger partial charge on any atom is 0.170 e. The second-order valence-electron chi connectivity index (χ2n) is 5.79.